The molecule has 3 atom stereocenters. The molecule has 1 N–H and O–H groups in total. The molecular weight excluding hydrogens is 146 g/mol. The maximum atomic E-state index is 3.33. The van der Waals surface area contributed by atoms with Crippen LogP contribution in [0.3, 0.4) is 0 Å². The van der Waals surface area contributed by atoms with Gasteiger partial charge in [0.05, 0.1) is 0 Å². The van der Waals surface area contributed by atoms with Gasteiger partial charge < -0.3 is 5.32 Å². The fraction of sp³-hybridized carbons (Fsp3) is 1.00. The topological polar surface area (TPSA) is 12.0 Å². The van der Waals surface area contributed by atoms with Crippen LogP contribution in [0.5, 0.6) is 0 Å². The van der Waals surface area contributed by atoms with E-state index in [-0.39, 0.29) is 0 Å². The highest BCUT2D eigenvalue weighted by atomic mass is 14.8. The minimum Gasteiger partial charge on any atom is -0.319 e. The van der Waals surface area contributed by atoms with Crippen LogP contribution in [-0.2, 0) is 0 Å². The molecule has 70 valence electrons. The van der Waals surface area contributed by atoms with Gasteiger partial charge in [0.1, 0.15) is 0 Å². The predicted octanol–water partition coefficient (Wildman–Crippen LogP) is 2.28. The van der Waals surface area contributed by atoms with Crippen LogP contribution in [0.2, 0.25) is 0 Å². The van der Waals surface area contributed by atoms with Crippen molar-refractivity contribution in [3.05, 3.63) is 0 Å². The summed E-state index contributed by atoms with van der Waals surface area (Å²) in [6.07, 6.45) is 4.47. The molecule has 0 aromatic heterocycles. The molecule has 0 radical (unpaired) electrons. The zero-order valence-electron chi connectivity index (χ0n) is 8.56. The standard InChI is InChI=1S/C11H21N/c1-11(2)9-5-4-8(7-12-3)10(11)6-9/h8-10,12H,4-7H2,1-3H3/t8-,9+,10+/m0/s1. The minimum atomic E-state index is 0.666. The molecule has 1 nitrogen and oxygen atoms in total. The van der Waals surface area contributed by atoms with E-state index in [1.807, 2.05) is 0 Å². The van der Waals surface area contributed by atoms with E-state index in [9.17, 15) is 0 Å². The lowest BCUT2D eigenvalue weighted by Gasteiger charge is -2.60. The van der Waals surface area contributed by atoms with Gasteiger partial charge in [-0.15, -0.1) is 0 Å². The van der Waals surface area contributed by atoms with Gasteiger partial charge in [-0.1, -0.05) is 13.8 Å². The maximum Gasteiger partial charge on any atom is -0.00207 e. The van der Waals surface area contributed by atoms with Crippen LogP contribution in [0, 0.1) is 23.2 Å². The van der Waals surface area contributed by atoms with Crippen LogP contribution in [0.4, 0.5) is 0 Å². The van der Waals surface area contributed by atoms with Gasteiger partial charge in [-0.2, -0.15) is 0 Å². The van der Waals surface area contributed by atoms with Crippen molar-refractivity contribution in [2.24, 2.45) is 23.2 Å². The molecule has 0 aromatic carbocycles. The number of hydrogen-bond acceptors (Lipinski definition) is 1. The lowest BCUT2D eigenvalue weighted by molar-refractivity contribution is -0.103. The molecule has 3 fully saturated rings. The zero-order valence-corrected chi connectivity index (χ0v) is 8.56. The normalized spacial score (nSPS) is 43.8. The van der Waals surface area contributed by atoms with Crippen LogP contribution in [-0.4, -0.2) is 13.6 Å². The summed E-state index contributed by atoms with van der Waals surface area (Å²) in [6, 6.07) is 0. The maximum absolute atomic E-state index is 3.33. The Hall–Kier alpha value is -0.0400. The lowest BCUT2D eigenvalue weighted by Crippen LogP contribution is -2.54. The highest BCUT2D eigenvalue weighted by Crippen LogP contribution is 2.61. The highest BCUT2D eigenvalue weighted by Gasteiger charge is 2.53. The minimum absolute atomic E-state index is 0.666. The fourth-order valence-electron chi connectivity index (χ4n) is 3.47. The van der Waals surface area contributed by atoms with Crippen molar-refractivity contribution >= 4 is 0 Å². The molecular formula is C11H21N. The molecule has 0 unspecified atom stereocenters. The van der Waals surface area contributed by atoms with Crippen molar-refractivity contribution in [3.8, 4) is 0 Å². The SMILES string of the molecule is CNC[C@@H]1CC[C@@H]2C[C@H]1C2(C)C. The Kier molecular flexibility index (Phi) is 1.95. The predicted molar refractivity (Wildman–Crippen MR) is 52.0 cm³/mol. The van der Waals surface area contributed by atoms with Crippen molar-refractivity contribution in [1.82, 2.24) is 5.32 Å². The second kappa shape index (κ2) is 2.73. The first-order chi connectivity index (χ1) is 5.66. The van der Waals surface area contributed by atoms with Crippen molar-refractivity contribution in [2.45, 2.75) is 33.1 Å². The van der Waals surface area contributed by atoms with Gasteiger partial charge in [-0.3, -0.25) is 0 Å². The number of fused-ring (bicyclic) bond motifs is 2. The molecule has 0 amide bonds. The fourth-order valence-corrected chi connectivity index (χ4v) is 3.47. The molecule has 0 aromatic rings. The quantitative estimate of drug-likeness (QED) is 0.665. The van der Waals surface area contributed by atoms with E-state index < -0.39 is 0 Å². The van der Waals surface area contributed by atoms with Crippen LogP contribution in [0.1, 0.15) is 33.1 Å². The van der Waals surface area contributed by atoms with Gasteiger partial charge in [0.25, 0.3) is 0 Å². The van der Waals surface area contributed by atoms with E-state index in [0.29, 0.717) is 5.41 Å². The van der Waals surface area contributed by atoms with E-state index in [2.05, 4.69) is 26.2 Å². The lowest BCUT2D eigenvalue weighted by atomic mass is 9.45. The van der Waals surface area contributed by atoms with Gasteiger partial charge >= 0.3 is 0 Å². The smallest absolute Gasteiger partial charge is 0.00207 e. The van der Waals surface area contributed by atoms with Crippen LogP contribution < -0.4 is 5.32 Å². The van der Waals surface area contributed by atoms with E-state index >= 15 is 0 Å². The summed E-state index contributed by atoms with van der Waals surface area (Å²) in [5, 5.41) is 3.33. The summed E-state index contributed by atoms with van der Waals surface area (Å²) >= 11 is 0. The van der Waals surface area contributed by atoms with Gasteiger partial charge in [0, 0.05) is 0 Å². The second-order valence-electron chi connectivity index (χ2n) is 5.26. The number of nitrogens with one attached hydrogen (secondary N) is 1. The molecule has 2 bridgehead atoms. The molecule has 0 saturated heterocycles. The summed E-state index contributed by atoms with van der Waals surface area (Å²) in [4.78, 5) is 0. The van der Waals surface area contributed by atoms with Crippen LogP contribution >= 0.6 is 0 Å². The van der Waals surface area contributed by atoms with Crippen molar-refractivity contribution < 1.29 is 0 Å². The third-order valence-corrected chi connectivity index (χ3v) is 4.47. The first-order valence-electron chi connectivity index (χ1n) is 5.31. The van der Waals surface area contributed by atoms with Crippen molar-refractivity contribution in [3.63, 3.8) is 0 Å². The largest absolute Gasteiger partial charge is 0.319 e. The molecule has 0 heterocycles. The summed E-state index contributed by atoms with van der Waals surface area (Å²) in [6.45, 7) is 6.17. The molecule has 3 aliphatic carbocycles. The van der Waals surface area contributed by atoms with Gasteiger partial charge in [0.2, 0.25) is 0 Å². The Bertz CT molecular complexity index is 170. The molecule has 3 saturated carbocycles. The van der Waals surface area contributed by atoms with Crippen molar-refractivity contribution in [2.75, 3.05) is 13.6 Å². The summed E-state index contributed by atoms with van der Waals surface area (Å²) in [5.74, 6) is 3.04. The van der Waals surface area contributed by atoms with Crippen LogP contribution in [0.15, 0.2) is 0 Å². The summed E-state index contributed by atoms with van der Waals surface area (Å²) in [7, 11) is 2.08. The van der Waals surface area contributed by atoms with E-state index in [1.54, 1.807) is 0 Å². The Morgan fingerprint density at radius 2 is 2.08 bits per heavy atom. The van der Waals surface area contributed by atoms with Gasteiger partial charge in [0.15, 0.2) is 0 Å². The Morgan fingerprint density at radius 3 is 2.58 bits per heavy atom. The highest BCUT2D eigenvalue weighted by molar-refractivity contribution is 5.03. The summed E-state index contributed by atoms with van der Waals surface area (Å²) in [5.41, 5.74) is 0.666. The molecule has 3 rings (SSSR count). The Labute approximate surface area is 75.9 Å². The zero-order chi connectivity index (χ0) is 8.77. The second-order valence-corrected chi connectivity index (χ2v) is 5.26. The van der Waals surface area contributed by atoms with E-state index in [4.69, 9.17) is 0 Å². The Morgan fingerprint density at radius 1 is 1.33 bits per heavy atom. The van der Waals surface area contributed by atoms with Crippen LogP contribution in [0.25, 0.3) is 0 Å². The molecule has 0 spiro atoms. The average molecular weight is 167 g/mol. The molecule has 3 aliphatic rings. The Balaban J connectivity index is 2.01. The van der Waals surface area contributed by atoms with Gasteiger partial charge in [-0.05, 0) is 56.0 Å². The van der Waals surface area contributed by atoms with Gasteiger partial charge in [-0.25, -0.2) is 0 Å². The van der Waals surface area contributed by atoms with E-state index in [1.165, 1.54) is 25.8 Å². The molecule has 0 aliphatic heterocycles. The van der Waals surface area contributed by atoms with Crippen molar-refractivity contribution in [1.29, 1.82) is 0 Å². The molecule has 12 heavy (non-hydrogen) atoms. The summed E-state index contributed by atoms with van der Waals surface area (Å²) < 4.78 is 0. The monoisotopic (exact) mass is 167 g/mol. The number of rotatable bonds is 2. The first kappa shape index (κ1) is 8.55. The first-order valence-corrected chi connectivity index (χ1v) is 5.31. The van der Waals surface area contributed by atoms with E-state index in [0.717, 1.165) is 17.8 Å². The third-order valence-electron chi connectivity index (χ3n) is 4.47. The third kappa shape index (κ3) is 1.02. The number of hydrogen-bond donors (Lipinski definition) is 1. The molecule has 1 heteroatoms. The average Bonchev–Trinajstić information content (AvgIpc) is 2.05.